The van der Waals surface area contributed by atoms with Crippen molar-refractivity contribution < 1.29 is 0 Å². The third-order valence-electron chi connectivity index (χ3n) is 3.28. The monoisotopic (exact) mass is 220 g/mol. The van der Waals surface area contributed by atoms with Crippen LogP contribution in [-0.2, 0) is 0 Å². The maximum absolute atomic E-state index is 5.94. The summed E-state index contributed by atoms with van der Waals surface area (Å²) in [4.78, 5) is 0. The SMILES string of the molecule is CC(N)CC(c1ccccc1)C(C)(C)CN. The number of nitrogens with two attached hydrogens (primary N) is 2. The lowest BCUT2D eigenvalue weighted by molar-refractivity contribution is 0.272. The van der Waals surface area contributed by atoms with Gasteiger partial charge in [0, 0.05) is 6.04 Å². The largest absolute Gasteiger partial charge is 0.330 e. The Morgan fingerprint density at radius 3 is 2.19 bits per heavy atom. The van der Waals surface area contributed by atoms with Crippen molar-refractivity contribution in [1.82, 2.24) is 0 Å². The molecule has 0 aliphatic heterocycles. The molecule has 90 valence electrons. The second-order valence-electron chi connectivity index (χ2n) is 5.37. The fraction of sp³-hybridized carbons (Fsp3) is 0.571. The molecule has 0 amide bonds. The van der Waals surface area contributed by atoms with Crippen LogP contribution < -0.4 is 11.5 Å². The molecule has 0 saturated carbocycles. The minimum absolute atomic E-state index is 0.0922. The molecule has 0 saturated heterocycles. The van der Waals surface area contributed by atoms with E-state index in [1.165, 1.54) is 5.56 Å². The molecule has 16 heavy (non-hydrogen) atoms. The van der Waals surface area contributed by atoms with E-state index >= 15 is 0 Å². The minimum Gasteiger partial charge on any atom is -0.330 e. The zero-order chi connectivity index (χ0) is 12.2. The summed E-state index contributed by atoms with van der Waals surface area (Å²) in [5, 5.41) is 0. The van der Waals surface area contributed by atoms with E-state index in [9.17, 15) is 0 Å². The molecule has 2 heteroatoms. The van der Waals surface area contributed by atoms with Gasteiger partial charge in [-0.05, 0) is 36.8 Å². The summed E-state index contributed by atoms with van der Waals surface area (Å²) in [6, 6.07) is 10.7. The Balaban J connectivity index is 2.97. The van der Waals surface area contributed by atoms with E-state index in [1.54, 1.807) is 0 Å². The topological polar surface area (TPSA) is 52.0 Å². The van der Waals surface area contributed by atoms with Crippen molar-refractivity contribution in [2.24, 2.45) is 16.9 Å². The van der Waals surface area contributed by atoms with Crippen molar-refractivity contribution in [1.29, 1.82) is 0 Å². The van der Waals surface area contributed by atoms with Gasteiger partial charge in [0.05, 0.1) is 0 Å². The number of hydrogen-bond donors (Lipinski definition) is 2. The summed E-state index contributed by atoms with van der Waals surface area (Å²) in [6.07, 6.45) is 0.980. The molecule has 2 nitrogen and oxygen atoms in total. The molecule has 1 aromatic carbocycles. The van der Waals surface area contributed by atoms with E-state index in [1.807, 2.05) is 6.07 Å². The van der Waals surface area contributed by atoms with Crippen molar-refractivity contribution in [3.63, 3.8) is 0 Å². The van der Waals surface area contributed by atoms with Crippen molar-refractivity contribution in [3.05, 3.63) is 35.9 Å². The highest BCUT2D eigenvalue weighted by Gasteiger charge is 2.29. The molecule has 2 unspecified atom stereocenters. The lowest BCUT2D eigenvalue weighted by Crippen LogP contribution is -2.34. The lowest BCUT2D eigenvalue weighted by atomic mass is 9.72. The number of benzene rings is 1. The zero-order valence-corrected chi connectivity index (χ0v) is 10.6. The highest BCUT2D eigenvalue weighted by molar-refractivity contribution is 5.22. The van der Waals surface area contributed by atoms with Gasteiger partial charge in [-0.2, -0.15) is 0 Å². The van der Waals surface area contributed by atoms with Gasteiger partial charge in [-0.15, -0.1) is 0 Å². The predicted octanol–water partition coefficient (Wildman–Crippen LogP) is 2.49. The van der Waals surface area contributed by atoms with Crippen LogP contribution in [0.4, 0.5) is 0 Å². The van der Waals surface area contributed by atoms with Gasteiger partial charge in [0.1, 0.15) is 0 Å². The van der Waals surface area contributed by atoms with Crippen LogP contribution in [0.5, 0.6) is 0 Å². The van der Waals surface area contributed by atoms with Gasteiger partial charge in [-0.25, -0.2) is 0 Å². The molecule has 0 aliphatic carbocycles. The first-order chi connectivity index (χ1) is 7.47. The molecular formula is C14H24N2. The summed E-state index contributed by atoms with van der Waals surface area (Å²) in [5.74, 6) is 0.429. The molecule has 0 radical (unpaired) electrons. The zero-order valence-electron chi connectivity index (χ0n) is 10.6. The van der Waals surface area contributed by atoms with E-state index in [-0.39, 0.29) is 11.5 Å². The van der Waals surface area contributed by atoms with Gasteiger partial charge in [0.25, 0.3) is 0 Å². The van der Waals surface area contributed by atoms with Crippen LogP contribution in [0.1, 0.15) is 38.7 Å². The van der Waals surface area contributed by atoms with Gasteiger partial charge in [-0.1, -0.05) is 44.2 Å². The van der Waals surface area contributed by atoms with Crippen molar-refractivity contribution in [2.75, 3.05) is 6.54 Å². The maximum Gasteiger partial charge on any atom is 0.00165 e. The second kappa shape index (κ2) is 5.46. The van der Waals surface area contributed by atoms with Gasteiger partial charge >= 0.3 is 0 Å². The molecular weight excluding hydrogens is 196 g/mol. The molecule has 1 aromatic rings. The Bertz CT molecular complexity index is 304. The van der Waals surface area contributed by atoms with E-state index < -0.39 is 0 Å². The van der Waals surface area contributed by atoms with Gasteiger partial charge < -0.3 is 11.5 Å². The van der Waals surface area contributed by atoms with Crippen LogP contribution in [0, 0.1) is 5.41 Å². The Labute approximate surface area is 99.0 Å². The van der Waals surface area contributed by atoms with E-state index in [0.29, 0.717) is 12.5 Å². The van der Waals surface area contributed by atoms with Crippen LogP contribution in [0.2, 0.25) is 0 Å². The Morgan fingerprint density at radius 1 is 1.19 bits per heavy atom. The molecule has 0 heterocycles. The van der Waals surface area contributed by atoms with Crippen LogP contribution in [0.3, 0.4) is 0 Å². The average Bonchev–Trinajstić information content (AvgIpc) is 2.27. The normalized spacial score (nSPS) is 15.8. The average molecular weight is 220 g/mol. The predicted molar refractivity (Wildman–Crippen MR) is 70.3 cm³/mol. The quantitative estimate of drug-likeness (QED) is 0.801. The summed E-state index contributed by atoms with van der Waals surface area (Å²) in [5.41, 5.74) is 13.3. The summed E-state index contributed by atoms with van der Waals surface area (Å²) >= 11 is 0. The van der Waals surface area contributed by atoms with E-state index in [4.69, 9.17) is 11.5 Å². The Kier molecular flexibility index (Phi) is 4.51. The molecule has 2 atom stereocenters. The van der Waals surface area contributed by atoms with Gasteiger partial charge in [0.15, 0.2) is 0 Å². The van der Waals surface area contributed by atoms with Crippen LogP contribution in [-0.4, -0.2) is 12.6 Å². The fourth-order valence-electron chi connectivity index (χ4n) is 2.11. The van der Waals surface area contributed by atoms with Crippen LogP contribution in [0.15, 0.2) is 30.3 Å². The fourth-order valence-corrected chi connectivity index (χ4v) is 2.11. The maximum atomic E-state index is 5.94. The standard InChI is InChI=1S/C14H24N2/c1-11(16)9-13(14(2,3)10-15)12-7-5-4-6-8-12/h4-8,11,13H,9-10,15-16H2,1-3H3. The van der Waals surface area contributed by atoms with Crippen LogP contribution in [0.25, 0.3) is 0 Å². The second-order valence-corrected chi connectivity index (χ2v) is 5.37. The summed E-state index contributed by atoms with van der Waals surface area (Å²) < 4.78 is 0. The van der Waals surface area contributed by atoms with Crippen molar-refractivity contribution in [2.45, 2.75) is 39.2 Å². The molecule has 0 fully saturated rings. The molecule has 0 spiro atoms. The first-order valence-corrected chi connectivity index (χ1v) is 5.98. The minimum atomic E-state index is 0.0922. The van der Waals surface area contributed by atoms with Gasteiger partial charge in [0.2, 0.25) is 0 Å². The third kappa shape index (κ3) is 3.32. The molecule has 0 aromatic heterocycles. The highest BCUT2D eigenvalue weighted by Crippen LogP contribution is 2.37. The molecule has 4 N–H and O–H groups in total. The van der Waals surface area contributed by atoms with E-state index in [2.05, 4.69) is 45.0 Å². The highest BCUT2D eigenvalue weighted by atomic mass is 14.6. The van der Waals surface area contributed by atoms with Crippen molar-refractivity contribution in [3.8, 4) is 0 Å². The molecule has 0 aliphatic rings. The number of hydrogen-bond acceptors (Lipinski definition) is 2. The Morgan fingerprint density at radius 2 is 1.75 bits per heavy atom. The smallest absolute Gasteiger partial charge is 0.00165 e. The van der Waals surface area contributed by atoms with Gasteiger partial charge in [-0.3, -0.25) is 0 Å². The number of rotatable bonds is 5. The van der Waals surface area contributed by atoms with E-state index in [0.717, 1.165) is 6.42 Å². The first-order valence-electron chi connectivity index (χ1n) is 5.98. The molecule has 1 rings (SSSR count). The lowest BCUT2D eigenvalue weighted by Gasteiger charge is -2.35. The Hall–Kier alpha value is -0.860. The van der Waals surface area contributed by atoms with Crippen molar-refractivity contribution >= 4 is 0 Å². The first kappa shape index (κ1) is 13.2. The molecule has 0 bridgehead atoms. The third-order valence-corrected chi connectivity index (χ3v) is 3.28. The summed E-state index contributed by atoms with van der Waals surface area (Å²) in [6.45, 7) is 7.17. The summed E-state index contributed by atoms with van der Waals surface area (Å²) in [7, 11) is 0. The van der Waals surface area contributed by atoms with Crippen LogP contribution >= 0.6 is 0 Å².